The highest BCUT2D eigenvalue weighted by molar-refractivity contribution is 8.00. The van der Waals surface area contributed by atoms with Gasteiger partial charge >= 0.3 is 0 Å². The van der Waals surface area contributed by atoms with Crippen LogP contribution in [0, 0.1) is 0 Å². The Hall–Kier alpha value is -0.450. The number of nitrogens with zero attached hydrogens (tertiary/aromatic N) is 1. The zero-order chi connectivity index (χ0) is 11.5. The molecule has 1 aliphatic heterocycles. The summed E-state index contributed by atoms with van der Waals surface area (Å²) in [4.78, 5) is 2.48. The number of thioether (sulfide) groups is 1. The lowest BCUT2D eigenvalue weighted by atomic mass is 10.1. The van der Waals surface area contributed by atoms with Crippen LogP contribution < -0.4 is 5.73 Å². The number of hydrogen-bond acceptors (Lipinski definition) is 4. The minimum atomic E-state index is 0.310. The van der Waals surface area contributed by atoms with Gasteiger partial charge in [0, 0.05) is 35.7 Å². The standard InChI is InChI=1S/C12H20N2OS/c1-9-6-14(7-10(2)16-9)12(5-13)11-3-4-15-8-11/h3-4,8-10,12H,5-7,13H2,1-2H3. The van der Waals surface area contributed by atoms with E-state index in [-0.39, 0.29) is 0 Å². The molecule has 0 radical (unpaired) electrons. The van der Waals surface area contributed by atoms with Crippen LogP contribution in [0.2, 0.25) is 0 Å². The van der Waals surface area contributed by atoms with Crippen LogP contribution in [-0.2, 0) is 0 Å². The van der Waals surface area contributed by atoms with E-state index in [9.17, 15) is 0 Å². The van der Waals surface area contributed by atoms with Crippen molar-refractivity contribution in [1.29, 1.82) is 0 Å². The molecule has 2 N–H and O–H groups in total. The first-order valence-electron chi connectivity index (χ1n) is 5.82. The Morgan fingerprint density at radius 3 is 2.69 bits per heavy atom. The molecule has 1 aromatic rings. The van der Waals surface area contributed by atoms with Crippen molar-refractivity contribution in [3.05, 3.63) is 24.2 Å². The molecule has 90 valence electrons. The summed E-state index contributed by atoms with van der Waals surface area (Å²) >= 11 is 2.06. The summed E-state index contributed by atoms with van der Waals surface area (Å²) in [7, 11) is 0. The van der Waals surface area contributed by atoms with Crippen molar-refractivity contribution >= 4 is 11.8 Å². The van der Waals surface area contributed by atoms with Crippen LogP contribution in [0.3, 0.4) is 0 Å². The maximum atomic E-state index is 5.90. The van der Waals surface area contributed by atoms with Crippen LogP contribution >= 0.6 is 11.8 Å². The van der Waals surface area contributed by atoms with Gasteiger partial charge in [0.15, 0.2) is 0 Å². The molecule has 2 heterocycles. The van der Waals surface area contributed by atoms with Crippen molar-refractivity contribution in [2.45, 2.75) is 30.4 Å². The Morgan fingerprint density at radius 2 is 2.19 bits per heavy atom. The van der Waals surface area contributed by atoms with E-state index >= 15 is 0 Å². The number of furan rings is 1. The van der Waals surface area contributed by atoms with Crippen molar-refractivity contribution < 1.29 is 4.42 Å². The Labute approximate surface area is 101 Å². The van der Waals surface area contributed by atoms with Crippen LogP contribution in [0.5, 0.6) is 0 Å². The van der Waals surface area contributed by atoms with Crippen LogP contribution in [0.4, 0.5) is 0 Å². The molecule has 3 nitrogen and oxygen atoms in total. The monoisotopic (exact) mass is 240 g/mol. The lowest BCUT2D eigenvalue weighted by Gasteiger charge is -2.39. The highest BCUT2D eigenvalue weighted by Gasteiger charge is 2.28. The molecule has 0 spiro atoms. The molecule has 0 saturated carbocycles. The van der Waals surface area contributed by atoms with E-state index in [4.69, 9.17) is 10.2 Å². The summed E-state index contributed by atoms with van der Waals surface area (Å²) in [5.41, 5.74) is 7.10. The van der Waals surface area contributed by atoms with Crippen molar-refractivity contribution in [3.8, 4) is 0 Å². The van der Waals surface area contributed by atoms with Crippen molar-refractivity contribution in [2.75, 3.05) is 19.6 Å². The third kappa shape index (κ3) is 2.62. The second-order valence-corrected chi connectivity index (χ2v) is 6.40. The molecular formula is C12H20N2OS. The lowest BCUT2D eigenvalue weighted by Crippen LogP contribution is -2.44. The average molecular weight is 240 g/mol. The van der Waals surface area contributed by atoms with Crippen LogP contribution in [-0.4, -0.2) is 35.0 Å². The first kappa shape index (κ1) is 12.0. The zero-order valence-corrected chi connectivity index (χ0v) is 10.7. The van der Waals surface area contributed by atoms with Gasteiger partial charge < -0.3 is 10.2 Å². The van der Waals surface area contributed by atoms with E-state index < -0.39 is 0 Å². The second-order valence-electron chi connectivity index (χ2n) is 4.52. The van der Waals surface area contributed by atoms with Gasteiger partial charge in [-0.2, -0.15) is 11.8 Å². The molecule has 3 atom stereocenters. The first-order chi connectivity index (χ1) is 7.70. The molecule has 1 fully saturated rings. The highest BCUT2D eigenvalue weighted by Crippen LogP contribution is 2.30. The second kappa shape index (κ2) is 5.25. The third-order valence-corrected chi connectivity index (χ3v) is 4.27. The summed E-state index contributed by atoms with van der Waals surface area (Å²) < 4.78 is 5.15. The van der Waals surface area contributed by atoms with Crippen molar-refractivity contribution in [1.82, 2.24) is 4.90 Å². The van der Waals surface area contributed by atoms with Gasteiger partial charge in [-0.25, -0.2) is 0 Å². The molecule has 1 aromatic heterocycles. The van der Waals surface area contributed by atoms with Crippen molar-refractivity contribution in [2.24, 2.45) is 5.73 Å². The minimum absolute atomic E-state index is 0.310. The average Bonchev–Trinajstić information content (AvgIpc) is 2.70. The van der Waals surface area contributed by atoms with E-state index in [0.29, 0.717) is 23.1 Å². The number of rotatable bonds is 3. The molecule has 0 amide bonds. The lowest BCUT2D eigenvalue weighted by molar-refractivity contribution is 0.198. The summed E-state index contributed by atoms with van der Waals surface area (Å²) in [5.74, 6) is 0. The van der Waals surface area contributed by atoms with Gasteiger partial charge in [0.25, 0.3) is 0 Å². The minimum Gasteiger partial charge on any atom is -0.472 e. The summed E-state index contributed by atoms with van der Waals surface area (Å²) in [6.07, 6.45) is 3.54. The predicted octanol–water partition coefficient (Wildman–Crippen LogP) is 2.11. The van der Waals surface area contributed by atoms with Crippen LogP contribution in [0.1, 0.15) is 25.5 Å². The van der Waals surface area contributed by atoms with Gasteiger partial charge in [0.05, 0.1) is 18.6 Å². The fourth-order valence-corrected chi connectivity index (χ4v) is 3.78. The summed E-state index contributed by atoms with van der Waals surface area (Å²) in [5, 5.41) is 1.37. The first-order valence-corrected chi connectivity index (χ1v) is 6.76. The molecule has 0 bridgehead atoms. The fraction of sp³-hybridized carbons (Fsp3) is 0.667. The predicted molar refractivity (Wildman–Crippen MR) is 68.6 cm³/mol. The smallest absolute Gasteiger partial charge is 0.0950 e. The Balaban J connectivity index is 2.09. The van der Waals surface area contributed by atoms with E-state index in [1.54, 1.807) is 6.26 Å². The molecule has 4 heteroatoms. The SMILES string of the molecule is CC1CN(C(CN)c2ccoc2)CC(C)S1. The van der Waals surface area contributed by atoms with E-state index in [0.717, 1.165) is 13.1 Å². The van der Waals surface area contributed by atoms with E-state index in [1.165, 1.54) is 5.56 Å². The molecular weight excluding hydrogens is 220 g/mol. The maximum Gasteiger partial charge on any atom is 0.0950 e. The van der Waals surface area contributed by atoms with Gasteiger partial charge in [-0.3, -0.25) is 4.90 Å². The van der Waals surface area contributed by atoms with Gasteiger partial charge in [0.2, 0.25) is 0 Å². The number of nitrogens with two attached hydrogens (primary N) is 1. The molecule has 0 aromatic carbocycles. The molecule has 2 rings (SSSR count). The third-order valence-electron chi connectivity index (χ3n) is 3.04. The molecule has 1 saturated heterocycles. The quantitative estimate of drug-likeness (QED) is 0.878. The normalized spacial score (nSPS) is 29.2. The molecule has 0 aliphatic carbocycles. The Morgan fingerprint density at radius 1 is 1.50 bits per heavy atom. The van der Waals surface area contributed by atoms with E-state index in [2.05, 4.69) is 30.5 Å². The van der Waals surface area contributed by atoms with E-state index in [1.807, 2.05) is 12.3 Å². The molecule has 1 aliphatic rings. The van der Waals surface area contributed by atoms with Gasteiger partial charge in [-0.15, -0.1) is 0 Å². The summed E-state index contributed by atoms with van der Waals surface area (Å²) in [6.45, 7) is 7.46. The highest BCUT2D eigenvalue weighted by atomic mass is 32.2. The van der Waals surface area contributed by atoms with Gasteiger partial charge in [-0.05, 0) is 6.07 Å². The topological polar surface area (TPSA) is 42.4 Å². The van der Waals surface area contributed by atoms with Crippen LogP contribution in [0.15, 0.2) is 23.0 Å². The molecule has 3 unspecified atom stereocenters. The fourth-order valence-electron chi connectivity index (χ4n) is 2.43. The van der Waals surface area contributed by atoms with Gasteiger partial charge in [-0.1, -0.05) is 13.8 Å². The maximum absolute atomic E-state index is 5.90. The largest absolute Gasteiger partial charge is 0.472 e. The van der Waals surface area contributed by atoms with Crippen molar-refractivity contribution in [3.63, 3.8) is 0 Å². The van der Waals surface area contributed by atoms with Crippen LogP contribution in [0.25, 0.3) is 0 Å². The zero-order valence-electron chi connectivity index (χ0n) is 9.93. The van der Waals surface area contributed by atoms with Gasteiger partial charge in [0.1, 0.15) is 0 Å². The Bertz CT molecular complexity index is 305. The Kier molecular flexibility index (Phi) is 3.95. The molecule has 16 heavy (non-hydrogen) atoms. The number of hydrogen-bond donors (Lipinski definition) is 1. The summed E-state index contributed by atoms with van der Waals surface area (Å²) in [6, 6.07) is 2.33.